The Morgan fingerprint density at radius 3 is 2.67 bits per heavy atom. The molecule has 1 heterocycles. The summed E-state index contributed by atoms with van der Waals surface area (Å²) >= 11 is 2.00. The third-order valence-corrected chi connectivity index (χ3v) is 1.86. The van der Waals surface area contributed by atoms with Crippen molar-refractivity contribution in [1.29, 1.82) is 0 Å². The number of hydrogen-bond donors (Lipinski definition) is 1. The molecular formula is C6H6INO. The Hall–Kier alpha value is -0.320. The highest BCUT2D eigenvalue weighted by Gasteiger charge is 1.90. The van der Waals surface area contributed by atoms with Crippen molar-refractivity contribution in [3.05, 3.63) is 31.8 Å². The highest BCUT2D eigenvalue weighted by Crippen LogP contribution is 1.95. The average molecular weight is 235 g/mol. The Bertz CT molecular complexity index is 266. The molecule has 0 spiro atoms. The molecule has 0 fully saturated rings. The van der Waals surface area contributed by atoms with E-state index in [4.69, 9.17) is 0 Å². The van der Waals surface area contributed by atoms with Gasteiger partial charge in [-0.05, 0) is 41.6 Å². The molecule has 0 unspecified atom stereocenters. The highest BCUT2D eigenvalue weighted by molar-refractivity contribution is 14.1. The fourth-order valence-corrected chi connectivity index (χ4v) is 0.869. The maximum absolute atomic E-state index is 10.8. The van der Waals surface area contributed by atoms with Gasteiger partial charge in [-0.25, -0.2) is 0 Å². The lowest BCUT2D eigenvalue weighted by Crippen LogP contribution is -2.09. The Labute approximate surface area is 66.4 Å². The first kappa shape index (κ1) is 6.80. The standard InChI is InChI=1S/C6H6INO/c1-4-2-3-5(7)6(9)8-4/h2-3H,1H3,(H,8,9). The van der Waals surface area contributed by atoms with Crippen LogP contribution in [0.4, 0.5) is 0 Å². The first-order valence-corrected chi connectivity index (χ1v) is 3.63. The molecule has 0 bridgehead atoms. The number of pyridine rings is 1. The predicted molar refractivity (Wildman–Crippen MR) is 44.5 cm³/mol. The van der Waals surface area contributed by atoms with Crippen LogP contribution >= 0.6 is 22.6 Å². The lowest BCUT2D eigenvalue weighted by Gasteiger charge is -1.89. The molecule has 0 saturated heterocycles. The second kappa shape index (κ2) is 2.51. The van der Waals surface area contributed by atoms with Gasteiger partial charge in [-0.3, -0.25) is 4.79 Å². The minimum Gasteiger partial charge on any atom is -0.326 e. The number of nitrogens with one attached hydrogen (secondary N) is 1. The summed E-state index contributed by atoms with van der Waals surface area (Å²) in [6, 6.07) is 3.68. The normalized spacial score (nSPS) is 9.56. The molecule has 0 atom stereocenters. The summed E-state index contributed by atoms with van der Waals surface area (Å²) in [6.07, 6.45) is 0. The van der Waals surface area contributed by atoms with E-state index in [9.17, 15) is 4.79 Å². The van der Waals surface area contributed by atoms with E-state index < -0.39 is 0 Å². The molecule has 0 aliphatic rings. The van der Waals surface area contributed by atoms with E-state index in [1.54, 1.807) is 6.07 Å². The van der Waals surface area contributed by atoms with Crippen LogP contribution in [-0.2, 0) is 0 Å². The topological polar surface area (TPSA) is 32.9 Å². The molecule has 1 N–H and O–H groups in total. The summed E-state index contributed by atoms with van der Waals surface area (Å²) in [4.78, 5) is 13.5. The zero-order valence-corrected chi connectivity index (χ0v) is 7.10. The van der Waals surface area contributed by atoms with Gasteiger partial charge >= 0.3 is 0 Å². The van der Waals surface area contributed by atoms with Gasteiger partial charge < -0.3 is 4.98 Å². The number of aromatic nitrogens is 1. The Morgan fingerprint density at radius 2 is 2.22 bits per heavy atom. The first-order chi connectivity index (χ1) is 4.20. The van der Waals surface area contributed by atoms with Crippen LogP contribution in [0.5, 0.6) is 0 Å². The third-order valence-electron chi connectivity index (χ3n) is 1.01. The summed E-state index contributed by atoms with van der Waals surface area (Å²) in [5, 5.41) is 0. The molecule has 48 valence electrons. The van der Waals surface area contributed by atoms with Crippen LogP contribution in [0.15, 0.2) is 16.9 Å². The van der Waals surface area contributed by atoms with E-state index in [1.807, 2.05) is 35.6 Å². The van der Waals surface area contributed by atoms with Crippen LogP contribution in [0.25, 0.3) is 0 Å². The van der Waals surface area contributed by atoms with Gasteiger partial charge in [0.2, 0.25) is 0 Å². The molecule has 1 aromatic rings. The summed E-state index contributed by atoms with van der Waals surface area (Å²) < 4.78 is 0.734. The van der Waals surface area contributed by atoms with Gasteiger partial charge in [0.25, 0.3) is 5.56 Å². The van der Waals surface area contributed by atoms with E-state index in [-0.39, 0.29) is 5.56 Å². The molecular weight excluding hydrogens is 229 g/mol. The highest BCUT2D eigenvalue weighted by atomic mass is 127. The average Bonchev–Trinajstić information content (AvgIpc) is 1.80. The maximum atomic E-state index is 10.8. The van der Waals surface area contributed by atoms with Crippen LogP contribution in [0, 0.1) is 10.5 Å². The summed E-state index contributed by atoms with van der Waals surface area (Å²) in [5.74, 6) is 0. The number of hydrogen-bond acceptors (Lipinski definition) is 1. The minimum atomic E-state index is -0.00407. The van der Waals surface area contributed by atoms with Crippen LogP contribution < -0.4 is 5.56 Å². The van der Waals surface area contributed by atoms with Crippen molar-refractivity contribution >= 4 is 22.6 Å². The zero-order chi connectivity index (χ0) is 6.85. The largest absolute Gasteiger partial charge is 0.326 e. The van der Waals surface area contributed by atoms with Crippen molar-refractivity contribution in [2.24, 2.45) is 0 Å². The Balaban J connectivity index is 3.34. The predicted octanol–water partition coefficient (Wildman–Crippen LogP) is 1.29. The molecule has 0 radical (unpaired) electrons. The zero-order valence-electron chi connectivity index (χ0n) is 4.94. The number of aryl methyl sites for hydroxylation is 1. The lowest BCUT2D eigenvalue weighted by atomic mass is 10.4. The van der Waals surface area contributed by atoms with Gasteiger partial charge in [0.05, 0.1) is 3.57 Å². The SMILES string of the molecule is Cc1ccc(I)c(=O)[nH]1. The summed E-state index contributed by atoms with van der Waals surface area (Å²) in [6.45, 7) is 1.86. The number of H-pyrrole nitrogens is 1. The molecule has 3 heteroatoms. The molecule has 9 heavy (non-hydrogen) atoms. The fourth-order valence-electron chi connectivity index (χ4n) is 0.554. The van der Waals surface area contributed by atoms with Gasteiger partial charge in [-0.1, -0.05) is 0 Å². The molecule has 1 aromatic heterocycles. The van der Waals surface area contributed by atoms with Gasteiger partial charge in [0, 0.05) is 5.69 Å². The first-order valence-electron chi connectivity index (χ1n) is 2.55. The fraction of sp³-hybridized carbons (Fsp3) is 0.167. The van der Waals surface area contributed by atoms with Gasteiger partial charge in [0.15, 0.2) is 0 Å². The van der Waals surface area contributed by atoms with E-state index in [0.29, 0.717) is 0 Å². The van der Waals surface area contributed by atoms with E-state index in [2.05, 4.69) is 4.98 Å². The van der Waals surface area contributed by atoms with Crippen molar-refractivity contribution in [2.75, 3.05) is 0 Å². The van der Waals surface area contributed by atoms with Gasteiger partial charge in [-0.2, -0.15) is 0 Å². The quantitative estimate of drug-likeness (QED) is 0.675. The lowest BCUT2D eigenvalue weighted by molar-refractivity contribution is 1.13. The van der Waals surface area contributed by atoms with Gasteiger partial charge in [-0.15, -0.1) is 0 Å². The molecule has 0 amide bonds. The van der Waals surface area contributed by atoms with Crippen molar-refractivity contribution < 1.29 is 0 Å². The molecule has 0 aromatic carbocycles. The summed E-state index contributed by atoms with van der Waals surface area (Å²) in [5.41, 5.74) is 0.899. The Morgan fingerprint density at radius 1 is 1.56 bits per heavy atom. The van der Waals surface area contributed by atoms with Crippen molar-refractivity contribution in [3.63, 3.8) is 0 Å². The number of aromatic amines is 1. The van der Waals surface area contributed by atoms with Gasteiger partial charge in [0.1, 0.15) is 0 Å². The molecule has 0 aliphatic heterocycles. The maximum Gasteiger partial charge on any atom is 0.261 e. The second-order valence-corrected chi connectivity index (χ2v) is 2.98. The van der Waals surface area contributed by atoms with Crippen LogP contribution in [-0.4, -0.2) is 4.98 Å². The van der Waals surface area contributed by atoms with E-state index in [0.717, 1.165) is 9.26 Å². The molecule has 2 nitrogen and oxygen atoms in total. The number of halogens is 1. The van der Waals surface area contributed by atoms with E-state index >= 15 is 0 Å². The van der Waals surface area contributed by atoms with Crippen molar-refractivity contribution in [1.82, 2.24) is 4.98 Å². The van der Waals surface area contributed by atoms with Crippen LogP contribution in [0.3, 0.4) is 0 Å². The second-order valence-electron chi connectivity index (χ2n) is 1.82. The van der Waals surface area contributed by atoms with Crippen molar-refractivity contribution in [2.45, 2.75) is 6.92 Å². The minimum absolute atomic E-state index is 0.00407. The van der Waals surface area contributed by atoms with E-state index in [1.165, 1.54) is 0 Å². The monoisotopic (exact) mass is 235 g/mol. The smallest absolute Gasteiger partial charge is 0.261 e. The molecule has 0 saturated carbocycles. The third kappa shape index (κ3) is 1.54. The number of rotatable bonds is 0. The summed E-state index contributed by atoms with van der Waals surface area (Å²) in [7, 11) is 0. The Kier molecular flexibility index (Phi) is 1.90. The molecule has 0 aliphatic carbocycles. The van der Waals surface area contributed by atoms with Crippen LogP contribution in [0.1, 0.15) is 5.69 Å². The van der Waals surface area contributed by atoms with Crippen molar-refractivity contribution in [3.8, 4) is 0 Å². The molecule has 1 rings (SSSR count). The van der Waals surface area contributed by atoms with Crippen LogP contribution in [0.2, 0.25) is 0 Å².